The Labute approximate surface area is 232 Å². The summed E-state index contributed by atoms with van der Waals surface area (Å²) >= 11 is 0. The van der Waals surface area contributed by atoms with E-state index in [9.17, 15) is 14.4 Å². The summed E-state index contributed by atoms with van der Waals surface area (Å²) in [6.07, 6.45) is 2.35. The number of hydrogen-bond donors (Lipinski definition) is 0. The first-order chi connectivity index (χ1) is 19.0. The van der Waals surface area contributed by atoms with Gasteiger partial charge in [-0.3, -0.25) is 0 Å². The van der Waals surface area contributed by atoms with Crippen LogP contribution in [0.5, 0.6) is 17.2 Å². The monoisotopic (exact) mass is 540 g/mol. The van der Waals surface area contributed by atoms with Crippen molar-refractivity contribution in [1.82, 2.24) is 0 Å². The molecule has 0 aliphatic heterocycles. The summed E-state index contributed by atoms with van der Waals surface area (Å²) in [7, 11) is 0. The van der Waals surface area contributed by atoms with Gasteiger partial charge in [-0.1, -0.05) is 44.0 Å². The summed E-state index contributed by atoms with van der Waals surface area (Å²) in [6, 6.07) is 12.9. The molecule has 204 valence electrons. The normalized spacial score (nSPS) is 11.8. The van der Waals surface area contributed by atoms with Gasteiger partial charge in [0, 0.05) is 22.3 Å². The van der Waals surface area contributed by atoms with Crippen molar-refractivity contribution >= 4 is 17.9 Å². The van der Waals surface area contributed by atoms with Crippen molar-refractivity contribution in [3.63, 3.8) is 0 Å². The SMILES string of the molecule is C=C(C)C(=O)Oc1ccc(-c2ccc(-c3ccc(OC(=O)C(=C)C)c4c3CCC4)c(F)c2)cc1OC(=O)C(=C)C. The second-order valence-electron chi connectivity index (χ2n) is 9.79. The van der Waals surface area contributed by atoms with E-state index in [4.69, 9.17) is 14.2 Å². The van der Waals surface area contributed by atoms with Crippen LogP contribution in [0.15, 0.2) is 85.0 Å². The van der Waals surface area contributed by atoms with Gasteiger partial charge in [0.1, 0.15) is 11.6 Å². The zero-order valence-corrected chi connectivity index (χ0v) is 22.7. The molecule has 40 heavy (non-hydrogen) atoms. The van der Waals surface area contributed by atoms with E-state index in [0.717, 1.165) is 36.0 Å². The summed E-state index contributed by atoms with van der Waals surface area (Å²) in [4.78, 5) is 36.4. The van der Waals surface area contributed by atoms with Gasteiger partial charge in [-0.2, -0.15) is 0 Å². The molecule has 0 fully saturated rings. The van der Waals surface area contributed by atoms with Gasteiger partial charge in [-0.15, -0.1) is 0 Å². The van der Waals surface area contributed by atoms with E-state index < -0.39 is 23.7 Å². The van der Waals surface area contributed by atoms with Gasteiger partial charge in [0.05, 0.1) is 0 Å². The standard InChI is InChI=1S/C33H29FO6/c1-18(2)31(35)38-28-15-13-24(23-8-7-9-26(23)28)25-12-10-21(16-27(25)34)22-11-14-29(39-32(36)19(3)4)30(17-22)40-33(37)20(5)6/h10-17H,1,3,5,7-9H2,2,4,6H3. The van der Waals surface area contributed by atoms with Crippen LogP contribution in [0, 0.1) is 5.82 Å². The van der Waals surface area contributed by atoms with Crippen LogP contribution in [0.4, 0.5) is 4.39 Å². The smallest absolute Gasteiger partial charge is 0.338 e. The molecule has 0 aromatic heterocycles. The first kappa shape index (κ1) is 28.2. The molecule has 0 saturated heterocycles. The summed E-state index contributed by atoms with van der Waals surface area (Å²) in [5.74, 6) is -1.83. The maximum absolute atomic E-state index is 15.6. The Bertz CT molecular complexity index is 1600. The predicted octanol–water partition coefficient (Wildman–Crippen LogP) is 7.09. The lowest BCUT2D eigenvalue weighted by molar-refractivity contribution is -0.132. The zero-order valence-electron chi connectivity index (χ0n) is 22.7. The van der Waals surface area contributed by atoms with E-state index in [1.54, 1.807) is 37.3 Å². The quantitative estimate of drug-likeness (QED) is 0.172. The molecule has 0 atom stereocenters. The number of benzene rings is 3. The van der Waals surface area contributed by atoms with Crippen LogP contribution in [0.1, 0.15) is 38.3 Å². The minimum absolute atomic E-state index is 0.0118. The molecule has 1 aliphatic carbocycles. The summed E-state index contributed by atoms with van der Waals surface area (Å²) in [5.41, 5.74) is 4.71. The lowest BCUT2D eigenvalue weighted by atomic mass is 9.94. The lowest BCUT2D eigenvalue weighted by Gasteiger charge is -2.15. The first-order valence-corrected chi connectivity index (χ1v) is 12.7. The Morgan fingerprint density at radius 2 is 1.10 bits per heavy atom. The number of ether oxygens (including phenoxy) is 3. The van der Waals surface area contributed by atoms with Crippen molar-refractivity contribution in [3.8, 4) is 39.5 Å². The van der Waals surface area contributed by atoms with Gasteiger partial charge >= 0.3 is 17.9 Å². The maximum Gasteiger partial charge on any atom is 0.338 e. The molecule has 0 heterocycles. The fraction of sp³-hybridized carbons (Fsp3) is 0.182. The number of fused-ring (bicyclic) bond motifs is 1. The molecule has 6 nitrogen and oxygen atoms in total. The molecule has 1 aliphatic rings. The van der Waals surface area contributed by atoms with E-state index in [2.05, 4.69) is 19.7 Å². The fourth-order valence-corrected chi connectivity index (χ4v) is 4.35. The molecule has 0 amide bonds. The molecule has 0 unspecified atom stereocenters. The highest BCUT2D eigenvalue weighted by molar-refractivity contribution is 5.92. The number of hydrogen-bond acceptors (Lipinski definition) is 6. The van der Waals surface area contributed by atoms with Crippen LogP contribution in [-0.2, 0) is 27.2 Å². The van der Waals surface area contributed by atoms with Crippen LogP contribution in [0.3, 0.4) is 0 Å². The summed E-state index contributed by atoms with van der Waals surface area (Å²) in [6.45, 7) is 15.3. The molecule has 7 heteroatoms. The third-order valence-electron chi connectivity index (χ3n) is 6.43. The van der Waals surface area contributed by atoms with E-state index in [0.29, 0.717) is 28.0 Å². The average Bonchev–Trinajstić information content (AvgIpc) is 3.40. The largest absolute Gasteiger partial charge is 0.423 e. The molecular formula is C33H29FO6. The van der Waals surface area contributed by atoms with Crippen LogP contribution < -0.4 is 14.2 Å². The Hall–Kier alpha value is -4.78. The van der Waals surface area contributed by atoms with Gasteiger partial charge < -0.3 is 14.2 Å². The average molecular weight is 541 g/mol. The van der Waals surface area contributed by atoms with Crippen molar-refractivity contribution in [2.24, 2.45) is 0 Å². The van der Waals surface area contributed by atoms with Crippen molar-refractivity contribution in [1.29, 1.82) is 0 Å². The van der Waals surface area contributed by atoms with Gasteiger partial charge in [-0.05, 0) is 92.1 Å². The highest BCUT2D eigenvalue weighted by Crippen LogP contribution is 2.40. The van der Waals surface area contributed by atoms with E-state index >= 15 is 4.39 Å². The van der Waals surface area contributed by atoms with Gasteiger partial charge in [0.25, 0.3) is 0 Å². The van der Waals surface area contributed by atoms with E-state index in [1.807, 2.05) is 0 Å². The molecule has 3 aromatic rings. The molecule has 0 spiro atoms. The number of halogens is 1. The van der Waals surface area contributed by atoms with E-state index in [-0.39, 0.29) is 22.6 Å². The van der Waals surface area contributed by atoms with Crippen LogP contribution in [0.2, 0.25) is 0 Å². The predicted molar refractivity (Wildman–Crippen MR) is 151 cm³/mol. The van der Waals surface area contributed by atoms with Crippen molar-refractivity contribution in [2.75, 3.05) is 0 Å². The Kier molecular flexibility index (Phi) is 8.14. The minimum atomic E-state index is -0.697. The second-order valence-corrected chi connectivity index (χ2v) is 9.79. The Balaban J connectivity index is 1.70. The van der Waals surface area contributed by atoms with E-state index in [1.165, 1.54) is 32.0 Å². The van der Waals surface area contributed by atoms with Crippen molar-refractivity contribution in [2.45, 2.75) is 40.0 Å². The highest BCUT2D eigenvalue weighted by Gasteiger charge is 2.23. The molecule has 3 aromatic carbocycles. The van der Waals surface area contributed by atoms with Gasteiger partial charge in [0.15, 0.2) is 11.5 Å². The number of carbonyl (C=O) groups excluding carboxylic acids is 3. The molecule has 0 radical (unpaired) electrons. The minimum Gasteiger partial charge on any atom is -0.423 e. The van der Waals surface area contributed by atoms with Crippen molar-refractivity contribution < 1.29 is 33.0 Å². The Morgan fingerprint density at radius 3 is 1.70 bits per heavy atom. The van der Waals surface area contributed by atoms with Crippen LogP contribution in [0.25, 0.3) is 22.3 Å². The molecule has 0 N–H and O–H groups in total. The van der Waals surface area contributed by atoms with Gasteiger partial charge in [-0.25, -0.2) is 18.8 Å². The van der Waals surface area contributed by atoms with Crippen molar-refractivity contribution in [3.05, 3.63) is 102 Å². The fourth-order valence-electron chi connectivity index (χ4n) is 4.35. The maximum atomic E-state index is 15.6. The Morgan fingerprint density at radius 1 is 0.625 bits per heavy atom. The van der Waals surface area contributed by atoms with Gasteiger partial charge in [0.2, 0.25) is 0 Å². The molecule has 4 rings (SSSR count). The zero-order chi connectivity index (χ0) is 29.1. The first-order valence-electron chi connectivity index (χ1n) is 12.7. The highest BCUT2D eigenvalue weighted by atomic mass is 19.1. The third kappa shape index (κ3) is 5.94. The number of carbonyl (C=O) groups is 3. The second kappa shape index (κ2) is 11.5. The molecular weight excluding hydrogens is 511 g/mol. The third-order valence-corrected chi connectivity index (χ3v) is 6.43. The number of esters is 3. The lowest BCUT2D eigenvalue weighted by Crippen LogP contribution is -2.12. The number of rotatable bonds is 8. The molecule has 0 bridgehead atoms. The van der Waals surface area contributed by atoms with Crippen LogP contribution in [-0.4, -0.2) is 17.9 Å². The summed E-state index contributed by atoms with van der Waals surface area (Å²) in [5, 5.41) is 0. The van der Waals surface area contributed by atoms with Crippen LogP contribution >= 0.6 is 0 Å². The molecule has 0 saturated carbocycles. The summed E-state index contributed by atoms with van der Waals surface area (Å²) < 4.78 is 31.8. The topological polar surface area (TPSA) is 78.9 Å².